The molecule has 0 saturated heterocycles. The number of ether oxygens (including phenoxy) is 1. The van der Waals surface area contributed by atoms with E-state index < -0.39 is 0 Å². The molecule has 78 valence electrons. The predicted molar refractivity (Wildman–Crippen MR) is 56.6 cm³/mol. The lowest BCUT2D eigenvalue weighted by atomic mass is 10.3. The molecular formula is C10H15ClN2O. The van der Waals surface area contributed by atoms with Crippen LogP contribution in [0.2, 0.25) is 5.15 Å². The molecule has 1 aromatic rings. The van der Waals surface area contributed by atoms with Crippen LogP contribution in [0.3, 0.4) is 0 Å². The summed E-state index contributed by atoms with van der Waals surface area (Å²) in [6, 6.07) is 1.80. The largest absolute Gasteiger partial charge is 0.381 e. The Morgan fingerprint density at radius 2 is 2.14 bits per heavy atom. The molecule has 0 N–H and O–H groups in total. The molecule has 0 atom stereocenters. The zero-order chi connectivity index (χ0) is 10.4. The number of hydrogen-bond acceptors (Lipinski definition) is 3. The first-order valence-corrected chi connectivity index (χ1v) is 5.24. The maximum atomic E-state index is 5.85. The topological polar surface area (TPSA) is 35.0 Å². The van der Waals surface area contributed by atoms with E-state index in [0.717, 1.165) is 31.0 Å². The lowest BCUT2D eigenvalue weighted by Gasteiger charge is -2.03. The van der Waals surface area contributed by atoms with Gasteiger partial charge in [0, 0.05) is 18.7 Å². The van der Waals surface area contributed by atoms with Gasteiger partial charge in [-0.3, -0.25) is 0 Å². The third-order valence-electron chi connectivity index (χ3n) is 1.83. The van der Waals surface area contributed by atoms with Gasteiger partial charge in [0.25, 0.3) is 0 Å². The Labute approximate surface area is 89.5 Å². The lowest BCUT2D eigenvalue weighted by Crippen LogP contribution is -2.04. The molecule has 0 fully saturated rings. The monoisotopic (exact) mass is 214 g/mol. The van der Waals surface area contributed by atoms with E-state index in [-0.39, 0.29) is 0 Å². The smallest absolute Gasteiger partial charge is 0.133 e. The van der Waals surface area contributed by atoms with Gasteiger partial charge in [-0.25, -0.2) is 9.97 Å². The van der Waals surface area contributed by atoms with Gasteiger partial charge < -0.3 is 4.74 Å². The molecule has 0 aromatic carbocycles. The normalized spacial score (nSPS) is 10.5. The van der Waals surface area contributed by atoms with Crippen molar-refractivity contribution in [2.75, 3.05) is 13.2 Å². The summed E-state index contributed by atoms with van der Waals surface area (Å²) in [4.78, 5) is 8.48. The van der Waals surface area contributed by atoms with Crippen molar-refractivity contribution in [3.63, 3.8) is 0 Å². The summed E-state index contributed by atoms with van der Waals surface area (Å²) in [5.74, 6) is 0.766. The molecule has 0 aliphatic heterocycles. The molecule has 0 spiro atoms. The number of rotatable bonds is 5. The molecule has 1 aromatic heterocycles. The number of hydrogen-bond donors (Lipinski definition) is 0. The number of aryl methyl sites for hydroxylation is 1. The molecule has 0 aliphatic carbocycles. The second kappa shape index (κ2) is 5.94. The molecule has 14 heavy (non-hydrogen) atoms. The molecule has 0 amide bonds. The average Bonchev–Trinajstić information content (AvgIpc) is 2.17. The van der Waals surface area contributed by atoms with Crippen LogP contribution in [0.25, 0.3) is 0 Å². The van der Waals surface area contributed by atoms with Crippen molar-refractivity contribution < 1.29 is 4.74 Å². The number of nitrogens with zero attached hydrogens (tertiary/aromatic N) is 2. The third kappa shape index (κ3) is 3.60. The van der Waals surface area contributed by atoms with Gasteiger partial charge in [0.1, 0.15) is 11.0 Å². The van der Waals surface area contributed by atoms with Crippen LogP contribution in [-0.2, 0) is 17.6 Å². The van der Waals surface area contributed by atoms with E-state index in [2.05, 4.69) is 9.97 Å². The Morgan fingerprint density at radius 3 is 2.79 bits per heavy atom. The highest BCUT2D eigenvalue weighted by atomic mass is 35.5. The third-order valence-corrected chi connectivity index (χ3v) is 2.02. The van der Waals surface area contributed by atoms with Crippen molar-refractivity contribution in [3.05, 3.63) is 22.7 Å². The first-order valence-electron chi connectivity index (χ1n) is 4.86. The highest BCUT2D eigenvalue weighted by Gasteiger charge is 2.01. The Balaban J connectivity index is 2.62. The van der Waals surface area contributed by atoms with Gasteiger partial charge in [-0.05, 0) is 19.4 Å². The van der Waals surface area contributed by atoms with E-state index in [1.165, 1.54) is 0 Å². The average molecular weight is 215 g/mol. The Morgan fingerprint density at radius 1 is 1.36 bits per heavy atom. The maximum Gasteiger partial charge on any atom is 0.133 e. The fourth-order valence-corrected chi connectivity index (χ4v) is 1.34. The second-order valence-corrected chi connectivity index (χ2v) is 3.29. The molecular weight excluding hydrogens is 200 g/mol. The zero-order valence-corrected chi connectivity index (χ0v) is 9.34. The standard InChI is InChI=1S/C10H15ClN2O/c1-3-8-7-9(11)13-10(12-8)5-6-14-4-2/h7H,3-6H2,1-2H3. The van der Waals surface area contributed by atoms with Crippen LogP contribution in [0.1, 0.15) is 25.4 Å². The molecule has 1 rings (SSSR count). The summed E-state index contributed by atoms with van der Waals surface area (Å²) in [5, 5.41) is 0.517. The van der Waals surface area contributed by atoms with Crippen molar-refractivity contribution in [2.24, 2.45) is 0 Å². The van der Waals surface area contributed by atoms with Crippen LogP contribution < -0.4 is 0 Å². The van der Waals surface area contributed by atoms with Crippen LogP contribution in [0.15, 0.2) is 6.07 Å². The molecule has 0 saturated carbocycles. The van der Waals surface area contributed by atoms with Crippen molar-refractivity contribution in [3.8, 4) is 0 Å². The Kier molecular flexibility index (Phi) is 4.84. The first kappa shape index (κ1) is 11.4. The van der Waals surface area contributed by atoms with Crippen LogP contribution in [0.5, 0.6) is 0 Å². The SMILES string of the molecule is CCOCCc1nc(Cl)cc(CC)n1. The minimum atomic E-state index is 0.517. The van der Waals surface area contributed by atoms with Crippen LogP contribution >= 0.6 is 11.6 Å². The summed E-state index contributed by atoms with van der Waals surface area (Å²) in [6.07, 6.45) is 1.60. The van der Waals surface area contributed by atoms with Crippen molar-refractivity contribution >= 4 is 11.6 Å². The van der Waals surface area contributed by atoms with E-state index in [1.54, 1.807) is 6.07 Å². The summed E-state index contributed by atoms with van der Waals surface area (Å²) in [7, 11) is 0. The lowest BCUT2D eigenvalue weighted by molar-refractivity contribution is 0.149. The molecule has 1 heterocycles. The van der Waals surface area contributed by atoms with Crippen LogP contribution in [0, 0.1) is 0 Å². The van der Waals surface area contributed by atoms with Gasteiger partial charge in [-0.15, -0.1) is 0 Å². The van der Waals surface area contributed by atoms with Gasteiger partial charge in [-0.1, -0.05) is 18.5 Å². The van der Waals surface area contributed by atoms with E-state index in [0.29, 0.717) is 11.8 Å². The molecule has 0 aliphatic rings. The Bertz CT molecular complexity index is 291. The van der Waals surface area contributed by atoms with Crippen molar-refractivity contribution in [1.29, 1.82) is 0 Å². The van der Waals surface area contributed by atoms with Crippen LogP contribution in [-0.4, -0.2) is 23.2 Å². The fourth-order valence-electron chi connectivity index (χ4n) is 1.12. The molecule has 4 heteroatoms. The zero-order valence-electron chi connectivity index (χ0n) is 8.59. The highest BCUT2D eigenvalue weighted by Crippen LogP contribution is 2.08. The Hall–Kier alpha value is -0.670. The quantitative estimate of drug-likeness (QED) is 0.557. The predicted octanol–water partition coefficient (Wildman–Crippen LogP) is 2.27. The van der Waals surface area contributed by atoms with E-state index in [1.807, 2.05) is 13.8 Å². The molecule has 0 radical (unpaired) electrons. The number of halogens is 1. The minimum Gasteiger partial charge on any atom is -0.381 e. The van der Waals surface area contributed by atoms with Crippen molar-refractivity contribution in [1.82, 2.24) is 9.97 Å². The second-order valence-electron chi connectivity index (χ2n) is 2.90. The molecule has 0 unspecified atom stereocenters. The van der Waals surface area contributed by atoms with Crippen LogP contribution in [0.4, 0.5) is 0 Å². The molecule has 3 nitrogen and oxygen atoms in total. The summed E-state index contributed by atoms with van der Waals surface area (Å²) in [6.45, 7) is 5.39. The summed E-state index contributed by atoms with van der Waals surface area (Å²) in [5.41, 5.74) is 0.983. The van der Waals surface area contributed by atoms with E-state index in [9.17, 15) is 0 Å². The van der Waals surface area contributed by atoms with Crippen molar-refractivity contribution in [2.45, 2.75) is 26.7 Å². The van der Waals surface area contributed by atoms with Gasteiger partial charge in [0.05, 0.1) is 6.61 Å². The summed E-state index contributed by atoms with van der Waals surface area (Å²) < 4.78 is 5.23. The summed E-state index contributed by atoms with van der Waals surface area (Å²) >= 11 is 5.85. The molecule has 0 bridgehead atoms. The highest BCUT2D eigenvalue weighted by molar-refractivity contribution is 6.29. The number of aromatic nitrogens is 2. The van der Waals surface area contributed by atoms with Gasteiger partial charge in [-0.2, -0.15) is 0 Å². The minimum absolute atomic E-state index is 0.517. The van der Waals surface area contributed by atoms with Gasteiger partial charge in [0.15, 0.2) is 0 Å². The first-order chi connectivity index (χ1) is 6.76. The van der Waals surface area contributed by atoms with E-state index >= 15 is 0 Å². The maximum absolute atomic E-state index is 5.85. The van der Waals surface area contributed by atoms with E-state index in [4.69, 9.17) is 16.3 Å². The van der Waals surface area contributed by atoms with Gasteiger partial charge in [0.2, 0.25) is 0 Å². The van der Waals surface area contributed by atoms with Gasteiger partial charge >= 0.3 is 0 Å². The fraction of sp³-hybridized carbons (Fsp3) is 0.600.